The van der Waals surface area contributed by atoms with E-state index in [1.807, 2.05) is 0 Å². The van der Waals surface area contributed by atoms with Crippen molar-refractivity contribution in [2.75, 3.05) is 0 Å². The van der Waals surface area contributed by atoms with Crippen LogP contribution in [0, 0.1) is 35.6 Å². The molecule has 3 aromatic rings. The van der Waals surface area contributed by atoms with Gasteiger partial charge < -0.3 is 13.7 Å². The van der Waals surface area contributed by atoms with Crippen LogP contribution in [-0.4, -0.2) is 38.9 Å². The van der Waals surface area contributed by atoms with Crippen LogP contribution in [0.15, 0.2) is 87.5 Å². The quantitative estimate of drug-likeness (QED) is 0.0406. The molecule has 13 heteroatoms. The van der Waals surface area contributed by atoms with Crippen LogP contribution in [0.25, 0.3) is 0 Å². The van der Waals surface area contributed by atoms with Gasteiger partial charge >= 0.3 is 35.6 Å². The predicted molar refractivity (Wildman–Crippen MR) is 270 cm³/mol. The largest absolute Gasteiger partial charge is 3.00 e. The van der Waals surface area contributed by atoms with Crippen molar-refractivity contribution in [1.29, 1.82) is 0 Å². The van der Waals surface area contributed by atoms with E-state index in [4.69, 9.17) is 0 Å². The number of benzene rings is 3. The molecule has 3 rings (SSSR count). The summed E-state index contributed by atoms with van der Waals surface area (Å²) in [7, 11) is -13.0. The summed E-state index contributed by atoms with van der Waals surface area (Å²) in [6.45, 7) is 6.70. The summed E-state index contributed by atoms with van der Waals surface area (Å²) in [6, 6.07) is 19.7. The maximum atomic E-state index is 11.2. The van der Waals surface area contributed by atoms with Crippen molar-refractivity contribution in [1.82, 2.24) is 0 Å². The van der Waals surface area contributed by atoms with E-state index in [-0.39, 0.29) is 50.3 Å². The summed E-state index contributed by atoms with van der Waals surface area (Å²) >= 11 is 0. The third-order valence-electron chi connectivity index (χ3n) is 12.1. The van der Waals surface area contributed by atoms with Gasteiger partial charge in [0, 0.05) is 0 Å². The molecule has 0 bridgehead atoms. The Morgan fingerprint density at radius 3 is 0.627 bits per heavy atom. The fourth-order valence-electron chi connectivity index (χ4n) is 8.27. The molecular weight excluding hydrogens is 1030 g/mol. The van der Waals surface area contributed by atoms with Crippen molar-refractivity contribution in [2.45, 2.75) is 247 Å². The van der Waals surface area contributed by atoms with Crippen molar-refractivity contribution >= 4 is 30.4 Å². The molecule has 0 N–H and O–H groups in total. The van der Waals surface area contributed by atoms with Crippen LogP contribution in [0.3, 0.4) is 0 Å². The Morgan fingerprint density at radius 2 is 0.448 bits per heavy atom. The first-order valence-electron chi connectivity index (χ1n) is 25.8. The molecule has 0 aromatic heterocycles. The second-order valence-electron chi connectivity index (χ2n) is 18.0. The van der Waals surface area contributed by atoms with Gasteiger partial charge in [0.15, 0.2) is 0 Å². The second kappa shape index (κ2) is 41.2. The molecule has 0 aliphatic carbocycles. The molecular formula is C54H87LaO9S3. The third-order valence-corrected chi connectivity index (χ3v) is 14.9. The fraction of sp³-hybridized carbons (Fsp3) is 0.667. The van der Waals surface area contributed by atoms with Crippen molar-refractivity contribution in [2.24, 2.45) is 0 Å². The van der Waals surface area contributed by atoms with Gasteiger partial charge in [-0.05, 0) is 73.4 Å². The fourth-order valence-corrected chi connectivity index (χ4v) is 10.5. The standard InChI is InChI=1S/3C18H30O3S.La/c3*1-2-3-4-5-6-7-8-9-10-11-14-17-15-12-13-16-18(17)22(19,20)21;/h3*12-13,15-16H,2-11,14H2,1H3,(H,19,20,21);/q;;;+3/p-3. The molecule has 0 radical (unpaired) electrons. The SMILES string of the molecule is CCCCCCCCCCCCc1ccccc1S(=O)(=O)[O-].CCCCCCCCCCCCc1ccccc1S(=O)(=O)[O-].CCCCCCCCCCCCc1ccccc1S(=O)(=O)[O-].[La+3]. The minimum absolute atomic E-state index is 0. The zero-order chi connectivity index (χ0) is 48.8. The van der Waals surface area contributed by atoms with Crippen LogP contribution in [0.4, 0.5) is 0 Å². The molecule has 378 valence electrons. The van der Waals surface area contributed by atoms with Crippen molar-refractivity contribution in [3.63, 3.8) is 0 Å². The van der Waals surface area contributed by atoms with E-state index >= 15 is 0 Å². The minimum Gasteiger partial charge on any atom is -0.744 e. The van der Waals surface area contributed by atoms with Crippen molar-refractivity contribution < 1.29 is 74.5 Å². The zero-order valence-electron chi connectivity index (χ0n) is 41.7. The molecule has 0 aliphatic heterocycles. The average Bonchev–Trinajstić information content (AvgIpc) is 3.28. The van der Waals surface area contributed by atoms with E-state index in [9.17, 15) is 38.9 Å². The Balaban J connectivity index is 0.000000968. The maximum Gasteiger partial charge on any atom is 3.00 e. The van der Waals surface area contributed by atoms with E-state index in [1.54, 1.807) is 54.6 Å². The van der Waals surface area contributed by atoms with Crippen LogP contribution >= 0.6 is 0 Å². The van der Waals surface area contributed by atoms with Crippen LogP contribution in [0.5, 0.6) is 0 Å². The number of unbranched alkanes of at least 4 members (excludes halogenated alkanes) is 27. The van der Waals surface area contributed by atoms with Crippen molar-refractivity contribution in [3.05, 3.63) is 89.5 Å². The molecule has 9 nitrogen and oxygen atoms in total. The molecule has 0 unspecified atom stereocenters. The van der Waals surface area contributed by atoms with Gasteiger partial charge in [0.2, 0.25) is 0 Å². The van der Waals surface area contributed by atoms with E-state index in [1.165, 1.54) is 172 Å². The molecule has 0 spiro atoms. The molecule has 0 saturated heterocycles. The third kappa shape index (κ3) is 34.5. The van der Waals surface area contributed by atoms with Crippen LogP contribution in [-0.2, 0) is 49.6 Å². The Hall–Kier alpha value is -1.42. The van der Waals surface area contributed by atoms with Crippen LogP contribution in [0.1, 0.15) is 230 Å². The Kier molecular flexibility index (Phi) is 40.4. The Morgan fingerprint density at radius 1 is 0.284 bits per heavy atom. The first-order valence-corrected chi connectivity index (χ1v) is 30.0. The van der Waals surface area contributed by atoms with Gasteiger partial charge in [0.05, 0.1) is 14.7 Å². The van der Waals surface area contributed by atoms with E-state index in [0.29, 0.717) is 36.0 Å². The predicted octanol–water partition coefficient (Wildman–Crippen LogP) is 15.2. The van der Waals surface area contributed by atoms with Gasteiger partial charge in [0.1, 0.15) is 30.4 Å². The number of rotatable bonds is 36. The normalized spacial score (nSPS) is 11.6. The summed E-state index contributed by atoms with van der Waals surface area (Å²) in [5, 5.41) is 0. The van der Waals surface area contributed by atoms with Gasteiger partial charge in [0.25, 0.3) is 0 Å². The molecule has 0 aliphatic rings. The average molecular weight is 1120 g/mol. The van der Waals surface area contributed by atoms with E-state index < -0.39 is 30.4 Å². The molecule has 0 atom stereocenters. The molecule has 0 heterocycles. The van der Waals surface area contributed by atoms with Crippen LogP contribution in [0.2, 0.25) is 0 Å². The number of hydrogen-bond acceptors (Lipinski definition) is 9. The van der Waals surface area contributed by atoms with Gasteiger partial charge in [-0.2, -0.15) is 0 Å². The molecule has 0 saturated carbocycles. The first kappa shape index (κ1) is 65.6. The minimum atomic E-state index is -4.35. The zero-order valence-corrected chi connectivity index (χ0v) is 47.8. The summed E-state index contributed by atoms with van der Waals surface area (Å²) in [6.07, 6.45) is 39.5. The van der Waals surface area contributed by atoms with Gasteiger partial charge in [-0.1, -0.05) is 249 Å². The van der Waals surface area contributed by atoms with E-state index in [0.717, 1.165) is 38.5 Å². The van der Waals surface area contributed by atoms with Gasteiger partial charge in [-0.15, -0.1) is 0 Å². The molecule has 0 amide bonds. The smallest absolute Gasteiger partial charge is 0.744 e. The van der Waals surface area contributed by atoms with Crippen molar-refractivity contribution in [3.8, 4) is 0 Å². The topological polar surface area (TPSA) is 172 Å². The Labute approximate surface area is 438 Å². The molecule has 0 fully saturated rings. The van der Waals surface area contributed by atoms with Gasteiger partial charge in [-0.25, -0.2) is 25.3 Å². The first-order chi connectivity index (χ1) is 31.7. The summed E-state index contributed by atoms with van der Waals surface area (Å²) in [4.78, 5) is -0.150. The maximum absolute atomic E-state index is 11.2. The van der Waals surface area contributed by atoms with E-state index in [2.05, 4.69) is 20.8 Å². The Bertz CT molecular complexity index is 1760. The number of aryl methyl sites for hydroxylation is 3. The number of hydrogen-bond donors (Lipinski definition) is 0. The summed E-state index contributed by atoms with van der Waals surface area (Å²) in [5.41, 5.74) is 1.99. The summed E-state index contributed by atoms with van der Waals surface area (Å²) < 4.78 is 101. The second-order valence-corrected chi connectivity index (χ2v) is 22.0. The molecule has 3 aromatic carbocycles. The summed E-state index contributed by atoms with van der Waals surface area (Å²) in [5.74, 6) is 0. The molecule has 67 heavy (non-hydrogen) atoms. The monoisotopic (exact) mass is 1110 g/mol. The van der Waals surface area contributed by atoms with Gasteiger partial charge in [-0.3, -0.25) is 0 Å². The van der Waals surface area contributed by atoms with Crippen LogP contribution < -0.4 is 0 Å².